The van der Waals surface area contributed by atoms with E-state index < -0.39 is 0 Å². The van der Waals surface area contributed by atoms with Crippen molar-refractivity contribution in [1.82, 2.24) is 9.88 Å². The van der Waals surface area contributed by atoms with Crippen molar-refractivity contribution in [1.29, 1.82) is 0 Å². The summed E-state index contributed by atoms with van der Waals surface area (Å²) in [5.41, 5.74) is 2.79. The summed E-state index contributed by atoms with van der Waals surface area (Å²) in [7, 11) is 0. The number of halogens is 1. The summed E-state index contributed by atoms with van der Waals surface area (Å²) in [5.74, 6) is 0.945. The molecule has 30 heavy (non-hydrogen) atoms. The van der Waals surface area contributed by atoms with Crippen LogP contribution >= 0.6 is 22.9 Å². The molecule has 4 rings (SSSR count). The Hall–Kier alpha value is -2.57. The number of carbonyl (C=O) groups is 1. The smallest absolute Gasteiger partial charge is 0.265 e. The zero-order valence-corrected chi connectivity index (χ0v) is 18.7. The fourth-order valence-electron chi connectivity index (χ4n) is 3.63. The number of hydrogen-bond acceptors (Lipinski definition) is 5. The van der Waals surface area contributed by atoms with Crippen molar-refractivity contribution in [2.24, 2.45) is 0 Å². The van der Waals surface area contributed by atoms with E-state index in [1.165, 1.54) is 11.3 Å². The summed E-state index contributed by atoms with van der Waals surface area (Å²) in [6.07, 6.45) is 0. The number of anilines is 1. The van der Waals surface area contributed by atoms with Gasteiger partial charge in [0, 0.05) is 36.8 Å². The van der Waals surface area contributed by atoms with Gasteiger partial charge in [0.2, 0.25) is 0 Å². The number of aryl methyl sites for hydroxylation is 1. The molecule has 1 saturated heterocycles. The molecule has 0 unspecified atom stereocenters. The monoisotopic (exact) mass is 441 g/mol. The lowest BCUT2D eigenvalue weighted by atomic mass is 10.2. The van der Waals surface area contributed by atoms with Crippen LogP contribution in [0.1, 0.15) is 22.3 Å². The zero-order chi connectivity index (χ0) is 21.1. The number of hydrogen-bond donors (Lipinski definition) is 0. The van der Waals surface area contributed by atoms with Crippen molar-refractivity contribution >= 4 is 34.5 Å². The molecular formula is C23H24ClN3O2S. The summed E-state index contributed by atoms with van der Waals surface area (Å²) < 4.78 is 5.76. The van der Waals surface area contributed by atoms with Gasteiger partial charge in [0.05, 0.1) is 18.0 Å². The molecule has 0 aliphatic carbocycles. The Morgan fingerprint density at radius 2 is 1.90 bits per heavy atom. The number of piperazine rings is 1. The first kappa shape index (κ1) is 20.7. The van der Waals surface area contributed by atoms with Gasteiger partial charge in [-0.15, -0.1) is 11.3 Å². The molecule has 5 nitrogen and oxygen atoms in total. The number of rotatable bonds is 5. The van der Waals surface area contributed by atoms with Gasteiger partial charge in [-0.25, -0.2) is 4.98 Å². The number of thiazole rings is 1. The van der Waals surface area contributed by atoms with Crippen molar-refractivity contribution in [3.8, 4) is 16.3 Å². The van der Waals surface area contributed by atoms with Gasteiger partial charge in [-0.2, -0.15) is 0 Å². The second-order valence-electron chi connectivity index (χ2n) is 7.12. The van der Waals surface area contributed by atoms with E-state index in [0.29, 0.717) is 29.6 Å². The zero-order valence-electron chi connectivity index (χ0n) is 17.1. The number of carbonyl (C=O) groups excluding carboxylic acids is 1. The fraction of sp³-hybridized carbons (Fsp3) is 0.304. The average Bonchev–Trinajstić information content (AvgIpc) is 3.16. The lowest BCUT2D eigenvalue weighted by Gasteiger charge is -2.36. The normalized spacial score (nSPS) is 14.1. The molecule has 0 bridgehead atoms. The Morgan fingerprint density at radius 1 is 1.13 bits per heavy atom. The molecule has 0 N–H and O–H groups in total. The lowest BCUT2D eigenvalue weighted by Crippen LogP contribution is -2.48. The Kier molecular flexibility index (Phi) is 6.25. The van der Waals surface area contributed by atoms with Crippen LogP contribution in [0.5, 0.6) is 5.75 Å². The molecule has 1 aliphatic heterocycles. The molecule has 3 aromatic rings. The maximum Gasteiger partial charge on any atom is 0.265 e. The van der Waals surface area contributed by atoms with Crippen LogP contribution in [-0.2, 0) is 0 Å². The quantitative estimate of drug-likeness (QED) is 0.550. The molecular weight excluding hydrogens is 418 g/mol. The molecule has 0 atom stereocenters. The highest BCUT2D eigenvalue weighted by Crippen LogP contribution is 2.32. The summed E-state index contributed by atoms with van der Waals surface area (Å²) in [5, 5.41) is 1.49. The molecule has 2 heterocycles. The first-order chi connectivity index (χ1) is 14.6. The van der Waals surface area contributed by atoms with Crippen molar-refractivity contribution in [3.63, 3.8) is 0 Å². The summed E-state index contributed by atoms with van der Waals surface area (Å²) in [4.78, 5) is 22.7. The second kappa shape index (κ2) is 9.06. The standard InChI is InChI=1S/C23H24ClN3O2S/c1-3-29-20-10-5-4-9-19(20)26-11-13-27(14-12-26)23(28)21-16(2)25-22(30-21)17-7-6-8-18(24)15-17/h4-10,15H,3,11-14H2,1-2H3. The minimum atomic E-state index is 0.0519. The molecule has 7 heteroatoms. The van der Waals surface area contributed by atoms with Crippen LogP contribution in [0.15, 0.2) is 48.5 Å². The molecule has 0 radical (unpaired) electrons. The molecule has 1 amide bonds. The van der Waals surface area contributed by atoms with E-state index in [1.54, 1.807) is 0 Å². The van der Waals surface area contributed by atoms with E-state index in [9.17, 15) is 4.79 Å². The first-order valence-corrected chi connectivity index (χ1v) is 11.3. The van der Waals surface area contributed by atoms with Gasteiger partial charge in [0.1, 0.15) is 15.6 Å². The summed E-state index contributed by atoms with van der Waals surface area (Å²) in [6, 6.07) is 15.7. The van der Waals surface area contributed by atoms with Gasteiger partial charge in [-0.05, 0) is 38.1 Å². The molecule has 0 saturated carbocycles. The largest absolute Gasteiger partial charge is 0.492 e. The van der Waals surface area contributed by atoms with Crippen LogP contribution in [0.2, 0.25) is 5.02 Å². The molecule has 0 spiro atoms. The number of para-hydroxylation sites is 2. The van der Waals surface area contributed by atoms with Gasteiger partial charge in [-0.1, -0.05) is 35.9 Å². The molecule has 1 fully saturated rings. The fourth-order valence-corrected chi connectivity index (χ4v) is 4.85. The minimum Gasteiger partial charge on any atom is -0.492 e. The van der Waals surface area contributed by atoms with E-state index in [4.69, 9.17) is 16.3 Å². The van der Waals surface area contributed by atoms with E-state index in [2.05, 4.69) is 16.0 Å². The third-order valence-electron chi connectivity index (χ3n) is 5.14. The highest BCUT2D eigenvalue weighted by atomic mass is 35.5. The van der Waals surface area contributed by atoms with Crippen LogP contribution in [0.25, 0.3) is 10.6 Å². The Labute approximate surface area is 185 Å². The third kappa shape index (κ3) is 4.30. The van der Waals surface area contributed by atoms with Gasteiger partial charge >= 0.3 is 0 Å². The first-order valence-electron chi connectivity index (χ1n) is 10.1. The summed E-state index contributed by atoms with van der Waals surface area (Å²) >= 11 is 7.54. The predicted molar refractivity (Wildman–Crippen MR) is 123 cm³/mol. The van der Waals surface area contributed by atoms with E-state index in [-0.39, 0.29) is 5.91 Å². The Bertz CT molecular complexity index is 1040. The van der Waals surface area contributed by atoms with Gasteiger partial charge in [-0.3, -0.25) is 4.79 Å². The maximum atomic E-state index is 13.2. The lowest BCUT2D eigenvalue weighted by molar-refractivity contribution is 0.0750. The van der Waals surface area contributed by atoms with E-state index in [0.717, 1.165) is 40.8 Å². The second-order valence-corrected chi connectivity index (χ2v) is 8.56. The number of amides is 1. The Balaban J connectivity index is 1.46. The highest BCUT2D eigenvalue weighted by Gasteiger charge is 2.26. The maximum absolute atomic E-state index is 13.2. The highest BCUT2D eigenvalue weighted by molar-refractivity contribution is 7.17. The molecule has 156 valence electrons. The molecule has 1 aliphatic rings. The van der Waals surface area contributed by atoms with E-state index >= 15 is 0 Å². The topological polar surface area (TPSA) is 45.7 Å². The Morgan fingerprint density at radius 3 is 2.63 bits per heavy atom. The van der Waals surface area contributed by atoms with Crippen LogP contribution in [0, 0.1) is 6.92 Å². The van der Waals surface area contributed by atoms with Crippen LogP contribution in [-0.4, -0.2) is 48.6 Å². The molecule has 1 aromatic heterocycles. The SMILES string of the molecule is CCOc1ccccc1N1CCN(C(=O)c2sc(-c3cccc(Cl)c3)nc2C)CC1. The average molecular weight is 442 g/mol. The number of ether oxygens (including phenoxy) is 1. The van der Waals surface area contributed by atoms with Crippen LogP contribution in [0.4, 0.5) is 5.69 Å². The van der Waals surface area contributed by atoms with Gasteiger partial charge in [0.25, 0.3) is 5.91 Å². The van der Waals surface area contributed by atoms with Gasteiger partial charge in [0.15, 0.2) is 0 Å². The number of aromatic nitrogens is 1. The van der Waals surface area contributed by atoms with Crippen LogP contribution in [0.3, 0.4) is 0 Å². The summed E-state index contributed by atoms with van der Waals surface area (Å²) in [6.45, 7) is 7.40. The van der Waals surface area contributed by atoms with Crippen LogP contribution < -0.4 is 9.64 Å². The third-order valence-corrected chi connectivity index (χ3v) is 6.56. The van der Waals surface area contributed by atoms with Crippen molar-refractivity contribution < 1.29 is 9.53 Å². The van der Waals surface area contributed by atoms with Crippen molar-refractivity contribution in [2.75, 3.05) is 37.7 Å². The predicted octanol–water partition coefficient (Wildman–Crippen LogP) is 5.13. The van der Waals surface area contributed by atoms with Gasteiger partial charge < -0.3 is 14.5 Å². The number of nitrogens with zero attached hydrogens (tertiary/aromatic N) is 3. The minimum absolute atomic E-state index is 0.0519. The number of benzene rings is 2. The molecule has 2 aromatic carbocycles. The van der Waals surface area contributed by atoms with Crippen molar-refractivity contribution in [2.45, 2.75) is 13.8 Å². The van der Waals surface area contributed by atoms with Crippen molar-refractivity contribution in [3.05, 3.63) is 64.1 Å². The van der Waals surface area contributed by atoms with E-state index in [1.807, 2.05) is 61.2 Å².